The number of carbonyl (C=O) groups is 1. The predicted molar refractivity (Wildman–Crippen MR) is 100 cm³/mol. The van der Waals surface area contributed by atoms with E-state index in [2.05, 4.69) is 15.5 Å². The van der Waals surface area contributed by atoms with Crippen molar-refractivity contribution in [3.8, 4) is 11.5 Å². The molecule has 136 valence electrons. The van der Waals surface area contributed by atoms with Crippen LogP contribution in [0.3, 0.4) is 0 Å². The van der Waals surface area contributed by atoms with E-state index in [0.29, 0.717) is 29.6 Å². The number of hydrogen-bond acceptors (Lipinski definition) is 6. The normalized spacial score (nSPS) is 11.9. The monoisotopic (exact) mass is 362 g/mol. The Morgan fingerprint density at radius 3 is 2.63 bits per heavy atom. The molecule has 0 fully saturated rings. The minimum atomic E-state index is -0.180. The average Bonchev–Trinajstić information content (AvgIpc) is 3.16. The second-order valence-electron chi connectivity index (χ2n) is 6.14. The Kier molecular flexibility index (Phi) is 4.57. The number of nitrogens with one attached hydrogen (secondary N) is 1. The molecule has 2 aromatic carbocycles. The first-order valence-corrected chi connectivity index (χ1v) is 8.49. The van der Waals surface area contributed by atoms with Crippen molar-refractivity contribution >= 4 is 17.4 Å². The third-order valence-electron chi connectivity index (χ3n) is 4.14. The van der Waals surface area contributed by atoms with Crippen LogP contribution >= 0.6 is 0 Å². The Hall–Kier alpha value is -3.61. The van der Waals surface area contributed by atoms with Crippen molar-refractivity contribution in [3.63, 3.8) is 0 Å². The summed E-state index contributed by atoms with van der Waals surface area (Å²) in [4.78, 5) is 14.1. The number of nitrogens with zero attached hydrogens (tertiary/aromatic N) is 3. The molecule has 27 heavy (non-hydrogen) atoms. The summed E-state index contributed by atoms with van der Waals surface area (Å²) in [6.07, 6.45) is 0. The maximum Gasteiger partial charge on any atom is 0.274 e. The van der Waals surface area contributed by atoms with Gasteiger partial charge in [-0.15, -0.1) is 10.2 Å². The molecule has 2 heterocycles. The van der Waals surface area contributed by atoms with Crippen LogP contribution in [0.2, 0.25) is 0 Å². The molecule has 0 atom stereocenters. The maximum atomic E-state index is 12.5. The number of rotatable bonds is 5. The van der Waals surface area contributed by atoms with Crippen LogP contribution in [-0.2, 0) is 6.54 Å². The van der Waals surface area contributed by atoms with Gasteiger partial charge in [-0.2, -0.15) is 0 Å². The van der Waals surface area contributed by atoms with E-state index in [0.717, 1.165) is 11.3 Å². The third-order valence-corrected chi connectivity index (χ3v) is 4.14. The Morgan fingerprint density at radius 1 is 1.04 bits per heavy atom. The molecule has 0 saturated heterocycles. The van der Waals surface area contributed by atoms with Crippen molar-refractivity contribution in [2.24, 2.45) is 0 Å². The van der Waals surface area contributed by atoms with Crippen LogP contribution in [0, 0.1) is 0 Å². The van der Waals surface area contributed by atoms with Gasteiger partial charge in [0.2, 0.25) is 6.79 Å². The molecule has 7 heteroatoms. The lowest BCUT2D eigenvalue weighted by Crippen LogP contribution is -2.27. The van der Waals surface area contributed by atoms with Crippen molar-refractivity contribution in [2.45, 2.75) is 6.54 Å². The Labute approximate surface area is 156 Å². The summed E-state index contributed by atoms with van der Waals surface area (Å²) in [7, 11) is 1.75. The van der Waals surface area contributed by atoms with Crippen LogP contribution < -0.4 is 14.8 Å². The zero-order chi connectivity index (χ0) is 18.6. The van der Waals surface area contributed by atoms with Gasteiger partial charge < -0.3 is 19.7 Å². The quantitative estimate of drug-likeness (QED) is 0.751. The van der Waals surface area contributed by atoms with Gasteiger partial charge in [0.05, 0.1) is 0 Å². The molecular weight excluding hydrogens is 344 g/mol. The summed E-state index contributed by atoms with van der Waals surface area (Å²) in [6.45, 7) is 0.741. The summed E-state index contributed by atoms with van der Waals surface area (Å²) >= 11 is 0. The molecule has 0 saturated carbocycles. The van der Waals surface area contributed by atoms with Crippen molar-refractivity contribution < 1.29 is 14.3 Å². The van der Waals surface area contributed by atoms with Crippen LogP contribution in [0.5, 0.6) is 11.5 Å². The van der Waals surface area contributed by atoms with Crippen molar-refractivity contribution in [1.82, 2.24) is 15.1 Å². The van der Waals surface area contributed by atoms with Crippen molar-refractivity contribution in [2.75, 3.05) is 19.2 Å². The predicted octanol–water partition coefficient (Wildman–Crippen LogP) is 3.22. The number of benzene rings is 2. The summed E-state index contributed by atoms with van der Waals surface area (Å²) in [5.41, 5.74) is 2.15. The van der Waals surface area contributed by atoms with Gasteiger partial charge in [0.25, 0.3) is 5.91 Å². The van der Waals surface area contributed by atoms with Crippen molar-refractivity contribution in [3.05, 3.63) is 71.9 Å². The Balaban J connectivity index is 1.41. The van der Waals surface area contributed by atoms with E-state index in [9.17, 15) is 4.79 Å². The van der Waals surface area contributed by atoms with Crippen LogP contribution in [0.1, 0.15) is 16.1 Å². The highest BCUT2D eigenvalue weighted by molar-refractivity contribution is 5.92. The zero-order valence-electron chi connectivity index (χ0n) is 14.8. The van der Waals surface area contributed by atoms with Crippen LogP contribution in [-0.4, -0.2) is 34.8 Å². The van der Waals surface area contributed by atoms with Crippen LogP contribution in [0.15, 0.2) is 60.7 Å². The molecule has 0 aliphatic carbocycles. The van der Waals surface area contributed by atoms with Gasteiger partial charge >= 0.3 is 0 Å². The number of amides is 1. The van der Waals surface area contributed by atoms with Gasteiger partial charge in [-0.05, 0) is 29.8 Å². The minimum absolute atomic E-state index is 0.180. The molecule has 0 spiro atoms. The number of fused-ring (bicyclic) bond motifs is 1. The van der Waals surface area contributed by atoms with Crippen molar-refractivity contribution in [1.29, 1.82) is 0 Å². The number of anilines is 2. The minimum Gasteiger partial charge on any atom is -0.454 e. The second kappa shape index (κ2) is 7.33. The SMILES string of the molecule is CN(Cc1ccccc1)C(=O)c1ccc(Nc2ccc3c(c2)OCO3)nn1. The fourth-order valence-electron chi connectivity index (χ4n) is 2.76. The fourth-order valence-corrected chi connectivity index (χ4v) is 2.76. The Bertz CT molecular complexity index is 945. The van der Waals surface area contributed by atoms with Gasteiger partial charge in [-0.25, -0.2) is 0 Å². The topological polar surface area (TPSA) is 76.6 Å². The first-order chi connectivity index (χ1) is 13.2. The smallest absolute Gasteiger partial charge is 0.274 e. The molecule has 0 radical (unpaired) electrons. The van der Waals surface area contributed by atoms with Gasteiger partial charge in [0.1, 0.15) is 0 Å². The standard InChI is InChI=1S/C20H18N4O3/c1-24(12-14-5-3-2-4-6-14)20(25)16-8-10-19(23-22-16)21-15-7-9-17-18(11-15)27-13-26-17/h2-11H,12-13H2,1H3,(H,21,23). The molecule has 7 nitrogen and oxygen atoms in total. The van der Waals surface area contributed by atoms with Crippen LogP contribution in [0.4, 0.5) is 11.5 Å². The first kappa shape index (κ1) is 16.8. The fraction of sp³-hybridized carbons (Fsp3) is 0.150. The highest BCUT2D eigenvalue weighted by Crippen LogP contribution is 2.34. The number of ether oxygens (including phenoxy) is 2. The molecule has 1 N–H and O–H groups in total. The molecule has 1 aromatic heterocycles. The van der Waals surface area contributed by atoms with Gasteiger partial charge in [0.15, 0.2) is 23.0 Å². The van der Waals surface area contributed by atoms with E-state index in [1.165, 1.54) is 0 Å². The lowest BCUT2D eigenvalue weighted by Gasteiger charge is -2.16. The van der Waals surface area contributed by atoms with E-state index in [-0.39, 0.29) is 12.7 Å². The molecule has 0 unspecified atom stereocenters. The molecule has 0 bridgehead atoms. The maximum absolute atomic E-state index is 12.5. The number of aromatic nitrogens is 2. The van der Waals surface area contributed by atoms with Gasteiger partial charge in [0, 0.05) is 25.3 Å². The molecular formula is C20H18N4O3. The van der Waals surface area contributed by atoms with Crippen LogP contribution in [0.25, 0.3) is 0 Å². The highest BCUT2D eigenvalue weighted by Gasteiger charge is 2.15. The lowest BCUT2D eigenvalue weighted by atomic mass is 10.2. The summed E-state index contributed by atoms with van der Waals surface area (Å²) in [5.74, 6) is 1.76. The molecule has 3 aromatic rings. The molecule has 1 amide bonds. The number of carbonyl (C=O) groups excluding carboxylic acids is 1. The summed E-state index contributed by atoms with van der Waals surface area (Å²) in [6, 6.07) is 18.7. The lowest BCUT2D eigenvalue weighted by molar-refractivity contribution is 0.0778. The van der Waals surface area contributed by atoms with E-state index >= 15 is 0 Å². The zero-order valence-corrected chi connectivity index (χ0v) is 14.8. The molecule has 4 rings (SSSR count). The largest absolute Gasteiger partial charge is 0.454 e. The highest BCUT2D eigenvalue weighted by atomic mass is 16.7. The van der Waals surface area contributed by atoms with E-state index < -0.39 is 0 Å². The summed E-state index contributed by atoms with van der Waals surface area (Å²) in [5, 5.41) is 11.3. The third kappa shape index (κ3) is 3.82. The van der Waals surface area contributed by atoms with Gasteiger partial charge in [-0.1, -0.05) is 30.3 Å². The molecule has 1 aliphatic rings. The van der Waals surface area contributed by atoms with E-state index in [1.807, 2.05) is 48.5 Å². The van der Waals surface area contributed by atoms with E-state index in [1.54, 1.807) is 24.1 Å². The van der Waals surface area contributed by atoms with Gasteiger partial charge in [-0.3, -0.25) is 4.79 Å². The second-order valence-corrected chi connectivity index (χ2v) is 6.14. The first-order valence-electron chi connectivity index (χ1n) is 8.49. The average molecular weight is 362 g/mol. The number of hydrogen-bond donors (Lipinski definition) is 1. The van der Waals surface area contributed by atoms with E-state index in [4.69, 9.17) is 9.47 Å². The Morgan fingerprint density at radius 2 is 1.85 bits per heavy atom. The summed E-state index contributed by atoms with van der Waals surface area (Å²) < 4.78 is 10.6. The molecule has 1 aliphatic heterocycles.